The summed E-state index contributed by atoms with van der Waals surface area (Å²) in [5.74, 6) is -0.567. The maximum atomic E-state index is 13.2. The zero-order valence-corrected chi connectivity index (χ0v) is 14.9. The fourth-order valence-electron chi connectivity index (χ4n) is 3.96. The normalized spacial score (nSPS) is 19.3. The van der Waals surface area contributed by atoms with Crippen molar-refractivity contribution in [3.05, 3.63) is 76.2 Å². The molecule has 0 fully saturated rings. The van der Waals surface area contributed by atoms with Crippen LogP contribution in [-0.4, -0.2) is 20.9 Å². The molecular weight excluding hydrogens is 331 g/mol. The second-order valence-electron chi connectivity index (χ2n) is 6.94. The lowest BCUT2D eigenvalue weighted by Gasteiger charge is -2.31. The minimum Gasteiger partial charge on any atom is -0.367 e. The van der Waals surface area contributed by atoms with Crippen LogP contribution in [-0.2, 0) is 12.3 Å². The highest BCUT2D eigenvalue weighted by Crippen LogP contribution is 2.44. The van der Waals surface area contributed by atoms with Gasteiger partial charge in [0.1, 0.15) is 5.82 Å². The number of hydrogen-bond donors (Lipinski definition) is 1. The number of carbonyl (C=O) groups is 1. The Bertz CT molecular complexity index is 1040. The summed E-state index contributed by atoms with van der Waals surface area (Å²) in [4.78, 5) is 19.0. The molecule has 0 bridgehead atoms. The van der Waals surface area contributed by atoms with Crippen LogP contribution in [0.25, 0.3) is 10.9 Å². The molecule has 1 N–H and O–H groups in total. The molecule has 5 heteroatoms. The molecule has 2 aromatic carbocycles. The van der Waals surface area contributed by atoms with Crippen LogP contribution in [0.5, 0.6) is 0 Å². The molecule has 1 amide bonds. The number of fused-ring (bicyclic) bond motifs is 2. The Morgan fingerprint density at radius 1 is 1.15 bits per heavy atom. The number of halogens is 1. The van der Waals surface area contributed by atoms with Gasteiger partial charge >= 0.3 is 0 Å². The molecule has 0 saturated heterocycles. The first-order valence-corrected chi connectivity index (χ1v) is 8.49. The number of nitrogens with zero attached hydrogens (tertiary/aromatic N) is 2. The molecule has 3 aromatic rings. The average Bonchev–Trinajstić information content (AvgIpc) is 2.82. The Hall–Kier alpha value is -2.79. The van der Waals surface area contributed by atoms with Gasteiger partial charge in [0.15, 0.2) is 5.72 Å². The molecule has 2 heterocycles. The first kappa shape index (κ1) is 16.7. The third-order valence-corrected chi connectivity index (χ3v) is 5.28. The number of pyridine rings is 1. The van der Waals surface area contributed by atoms with E-state index in [9.17, 15) is 14.3 Å². The third-order valence-electron chi connectivity index (χ3n) is 5.28. The van der Waals surface area contributed by atoms with Crippen LogP contribution in [0.15, 0.2) is 42.6 Å². The number of benzene rings is 2. The molecule has 4 nitrogen and oxygen atoms in total. The molecule has 1 unspecified atom stereocenters. The Morgan fingerprint density at radius 3 is 2.54 bits per heavy atom. The zero-order valence-electron chi connectivity index (χ0n) is 14.9. The van der Waals surface area contributed by atoms with E-state index in [1.807, 2.05) is 26.0 Å². The number of aryl methyl sites for hydroxylation is 2. The van der Waals surface area contributed by atoms with Gasteiger partial charge in [0, 0.05) is 23.7 Å². The van der Waals surface area contributed by atoms with Crippen molar-refractivity contribution >= 4 is 16.8 Å². The molecular formula is C21H19FN2O2. The number of rotatable bonds is 2. The van der Waals surface area contributed by atoms with E-state index in [1.54, 1.807) is 25.3 Å². The molecule has 4 rings (SSSR count). The van der Waals surface area contributed by atoms with E-state index >= 15 is 0 Å². The van der Waals surface area contributed by atoms with E-state index < -0.39 is 5.72 Å². The van der Waals surface area contributed by atoms with Gasteiger partial charge in [-0.3, -0.25) is 9.78 Å². The molecule has 0 radical (unpaired) electrons. The molecule has 132 valence electrons. The van der Waals surface area contributed by atoms with Crippen molar-refractivity contribution in [3.8, 4) is 0 Å². The van der Waals surface area contributed by atoms with Crippen molar-refractivity contribution in [3.63, 3.8) is 0 Å². The van der Waals surface area contributed by atoms with Crippen molar-refractivity contribution in [1.82, 2.24) is 9.88 Å². The summed E-state index contributed by atoms with van der Waals surface area (Å²) in [5.41, 5.74) is 2.85. The summed E-state index contributed by atoms with van der Waals surface area (Å²) in [6, 6.07) is 9.76. The van der Waals surface area contributed by atoms with Gasteiger partial charge in [-0.1, -0.05) is 18.2 Å². The molecule has 1 aromatic heterocycles. The second-order valence-corrected chi connectivity index (χ2v) is 6.94. The minimum atomic E-state index is -1.44. The first-order valence-electron chi connectivity index (χ1n) is 8.49. The van der Waals surface area contributed by atoms with E-state index in [2.05, 4.69) is 4.98 Å². The fraction of sp³-hybridized carbons (Fsp3) is 0.238. The highest BCUT2D eigenvalue weighted by atomic mass is 19.1. The van der Waals surface area contributed by atoms with Crippen LogP contribution in [0, 0.1) is 19.7 Å². The standard InChI is InChI=1S/C21H19FN2O2/c1-12-16-5-4-10-23-19(16)13(2)17-18(12)21(3,26)24(20(17)25)11-14-6-8-15(22)9-7-14/h4-10,26H,11H2,1-3H3. The first-order chi connectivity index (χ1) is 12.3. The summed E-state index contributed by atoms with van der Waals surface area (Å²) in [6.07, 6.45) is 1.70. The maximum absolute atomic E-state index is 13.2. The van der Waals surface area contributed by atoms with Crippen LogP contribution in [0.3, 0.4) is 0 Å². The van der Waals surface area contributed by atoms with Gasteiger partial charge < -0.3 is 10.0 Å². The number of hydrogen-bond acceptors (Lipinski definition) is 3. The predicted molar refractivity (Wildman–Crippen MR) is 97.1 cm³/mol. The maximum Gasteiger partial charge on any atom is 0.257 e. The number of carbonyl (C=O) groups excluding carboxylic acids is 1. The van der Waals surface area contributed by atoms with Crippen molar-refractivity contribution in [2.45, 2.75) is 33.0 Å². The topological polar surface area (TPSA) is 53.4 Å². The van der Waals surface area contributed by atoms with Gasteiger partial charge in [-0.05, 0) is 55.7 Å². The van der Waals surface area contributed by atoms with Gasteiger partial charge in [0.05, 0.1) is 11.1 Å². The number of amides is 1. The lowest BCUT2D eigenvalue weighted by atomic mass is 9.90. The lowest BCUT2D eigenvalue weighted by molar-refractivity contribution is -0.0730. The van der Waals surface area contributed by atoms with Crippen LogP contribution in [0.4, 0.5) is 4.39 Å². The lowest BCUT2D eigenvalue weighted by Crippen LogP contribution is -2.41. The summed E-state index contributed by atoms with van der Waals surface area (Å²) >= 11 is 0. The Balaban J connectivity index is 1.89. The summed E-state index contributed by atoms with van der Waals surface area (Å²) < 4.78 is 13.2. The molecule has 0 saturated carbocycles. The Morgan fingerprint density at radius 2 is 1.85 bits per heavy atom. The van der Waals surface area contributed by atoms with Gasteiger partial charge in [-0.25, -0.2) is 4.39 Å². The summed E-state index contributed by atoms with van der Waals surface area (Å²) in [5, 5.41) is 12.2. The number of aliphatic hydroxyl groups is 1. The van der Waals surface area contributed by atoms with Crippen LogP contribution in [0.1, 0.15) is 39.5 Å². The van der Waals surface area contributed by atoms with Crippen molar-refractivity contribution in [2.24, 2.45) is 0 Å². The molecule has 1 atom stereocenters. The van der Waals surface area contributed by atoms with Crippen LogP contribution in [0.2, 0.25) is 0 Å². The second kappa shape index (κ2) is 5.61. The molecule has 1 aliphatic heterocycles. The van der Waals surface area contributed by atoms with E-state index in [0.29, 0.717) is 11.1 Å². The fourth-order valence-corrected chi connectivity index (χ4v) is 3.96. The highest BCUT2D eigenvalue weighted by molar-refractivity contribution is 6.06. The van der Waals surface area contributed by atoms with E-state index in [0.717, 1.165) is 27.6 Å². The van der Waals surface area contributed by atoms with E-state index in [1.165, 1.54) is 17.0 Å². The molecule has 0 aliphatic carbocycles. The van der Waals surface area contributed by atoms with E-state index in [-0.39, 0.29) is 18.3 Å². The molecule has 26 heavy (non-hydrogen) atoms. The van der Waals surface area contributed by atoms with Crippen molar-refractivity contribution in [1.29, 1.82) is 0 Å². The van der Waals surface area contributed by atoms with Gasteiger partial charge in [0.25, 0.3) is 5.91 Å². The number of aromatic nitrogens is 1. The third kappa shape index (κ3) is 2.24. The van der Waals surface area contributed by atoms with Crippen LogP contribution >= 0.6 is 0 Å². The van der Waals surface area contributed by atoms with E-state index in [4.69, 9.17) is 0 Å². The Labute approximate surface area is 150 Å². The summed E-state index contributed by atoms with van der Waals surface area (Å²) in [7, 11) is 0. The zero-order chi connectivity index (χ0) is 18.6. The summed E-state index contributed by atoms with van der Waals surface area (Å²) in [6.45, 7) is 5.60. The van der Waals surface area contributed by atoms with Crippen molar-refractivity contribution < 1.29 is 14.3 Å². The SMILES string of the molecule is Cc1c2c(c(C)c3ncccc13)C(=O)N(Cc1ccc(F)cc1)C2(C)O. The Kier molecular flexibility index (Phi) is 3.59. The van der Waals surface area contributed by atoms with Gasteiger partial charge in [-0.15, -0.1) is 0 Å². The van der Waals surface area contributed by atoms with Gasteiger partial charge in [-0.2, -0.15) is 0 Å². The molecule has 0 spiro atoms. The van der Waals surface area contributed by atoms with Crippen LogP contribution < -0.4 is 0 Å². The van der Waals surface area contributed by atoms with Crippen molar-refractivity contribution in [2.75, 3.05) is 0 Å². The minimum absolute atomic E-state index is 0.198. The van der Waals surface area contributed by atoms with Gasteiger partial charge in [0.2, 0.25) is 0 Å². The smallest absolute Gasteiger partial charge is 0.257 e. The monoisotopic (exact) mass is 350 g/mol. The predicted octanol–water partition coefficient (Wildman–Crippen LogP) is 3.81. The molecule has 1 aliphatic rings. The highest BCUT2D eigenvalue weighted by Gasteiger charge is 2.47. The average molecular weight is 350 g/mol. The quantitative estimate of drug-likeness (QED) is 0.765. The largest absolute Gasteiger partial charge is 0.367 e.